The number of nitrogens with zero attached hydrogens (tertiary/aromatic N) is 2. The van der Waals surface area contributed by atoms with Crippen LogP contribution in [0.15, 0.2) is 47.1 Å². The lowest BCUT2D eigenvalue weighted by Gasteiger charge is -2.16. The van der Waals surface area contributed by atoms with Crippen LogP contribution in [0.4, 0.5) is 29.3 Å². The quantitative estimate of drug-likeness (QED) is 0.365. The van der Waals surface area contributed by atoms with Gasteiger partial charge in [0, 0.05) is 17.3 Å². The van der Waals surface area contributed by atoms with E-state index in [1.807, 2.05) is 18.5 Å². The van der Waals surface area contributed by atoms with Gasteiger partial charge in [-0.3, -0.25) is 4.68 Å². The average Bonchev–Trinajstić information content (AvgIpc) is 3.10. The Hall–Kier alpha value is -2.72. The molecule has 1 heterocycles. The van der Waals surface area contributed by atoms with Gasteiger partial charge in [-0.15, -0.1) is 0 Å². The summed E-state index contributed by atoms with van der Waals surface area (Å²) < 4.78 is 46.4. The van der Waals surface area contributed by atoms with Gasteiger partial charge in [0.1, 0.15) is 5.75 Å². The zero-order valence-electron chi connectivity index (χ0n) is 17.2. The van der Waals surface area contributed by atoms with Gasteiger partial charge in [0.05, 0.1) is 39.7 Å². The van der Waals surface area contributed by atoms with Gasteiger partial charge in [0.25, 0.3) is 0 Å². The van der Waals surface area contributed by atoms with Crippen molar-refractivity contribution in [3.8, 4) is 17.0 Å². The molecule has 3 rings (SSSR count). The lowest BCUT2D eigenvalue weighted by atomic mass is 10.1. The van der Waals surface area contributed by atoms with Crippen LogP contribution >= 0.6 is 27.5 Å². The summed E-state index contributed by atoms with van der Waals surface area (Å²) >= 11 is 9.40. The van der Waals surface area contributed by atoms with Crippen molar-refractivity contribution in [2.24, 2.45) is 0 Å². The Morgan fingerprint density at radius 1 is 1.19 bits per heavy atom. The summed E-state index contributed by atoms with van der Waals surface area (Å²) in [6.45, 7) is 3.97. The minimum absolute atomic E-state index is 0.0477. The molecule has 2 amide bonds. The summed E-state index contributed by atoms with van der Waals surface area (Å²) in [6.07, 6.45) is -2.85. The monoisotopic (exact) mass is 530 g/mol. The summed E-state index contributed by atoms with van der Waals surface area (Å²) in [5.74, 6) is 0.574. The first-order valence-corrected chi connectivity index (χ1v) is 10.5. The molecule has 6 nitrogen and oxygen atoms in total. The minimum Gasteiger partial charge on any atom is -0.496 e. The second-order valence-electron chi connectivity index (χ2n) is 7.07. The number of halogens is 5. The highest BCUT2D eigenvalue weighted by Crippen LogP contribution is 2.38. The number of methoxy groups -OCH3 is 1. The van der Waals surface area contributed by atoms with Crippen LogP contribution in [0.25, 0.3) is 11.3 Å². The summed E-state index contributed by atoms with van der Waals surface area (Å²) in [6, 6.07) is 7.16. The summed E-state index contributed by atoms with van der Waals surface area (Å²) in [5, 5.41) is 9.25. The fourth-order valence-corrected chi connectivity index (χ4v) is 3.75. The molecule has 32 heavy (non-hydrogen) atoms. The molecule has 0 spiro atoms. The molecular weight excluding hydrogens is 513 g/mol. The van der Waals surface area contributed by atoms with Gasteiger partial charge in [0.2, 0.25) is 0 Å². The van der Waals surface area contributed by atoms with E-state index in [1.54, 1.807) is 24.4 Å². The van der Waals surface area contributed by atoms with Crippen LogP contribution in [0.5, 0.6) is 5.75 Å². The third kappa shape index (κ3) is 5.18. The van der Waals surface area contributed by atoms with Crippen molar-refractivity contribution in [2.75, 3.05) is 17.7 Å². The number of anilines is 2. The highest BCUT2D eigenvalue weighted by Gasteiger charge is 2.31. The lowest BCUT2D eigenvalue weighted by Crippen LogP contribution is -2.20. The Balaban J connectivity index is 1.85. The first-order chi connectivity index (χ1) is 15.0. The molecule has 0 aliphatic rings. The zero-order chi connectivity index (χ0) is 23.6. The highest BCUT2D eigenvalue weighted by molar-refractivity contribution is 9.10. The Morgan fingerprint density at radius 3 is 2.50 bits per heavy atom. The largest absolute Gasteiger partial charge is 0.496 e. The molecule has 0 unspecified atom stereocenters. The van der Waals surface area contributed by atoms with Crippen LogP contribution in [0.3, 0.4) is 0 Å². The highest BCUT2D eigenvalue weighted by atomic mass is 79.9. The number of hydrogen-bond acceptors (Lipinski definition) is 3. The van der Waals surface area contributed by atoms with Gasteiger partial charge in [-0.2, -0.15) is 18.3 Å². The molecule has 2 aromatic carbocycles. The Bertz CT molecular complexity index is 1150. The molecule has 0 aliphatic heterocycles. The maximum Gasteiger partial charge on any atom is 0.416 e. The maximum atomic E-state index is 12.8. The van der Waals surface area contributed by atoms with Crippen molar-refractivity contribution >= 4 is 44.9 Å². The van der Waals surface area contributed by atoms with Crippen molar-refractivity contribution < 1.29 is 22.7 Å². The molecule has 0 saturated heterocycles. The first-order valence-electron chi connectivity index (χ1n) is 9.37. The van der Waals surface area contributed by atoms with Gasteiger partial charge in [-0.1, -0.05) is 11.6 Å². The molecule has 0 bridgehead atoms. The van der Waals surface area contributed by atoms with Crippen molar-refractivity contribution in [3.05, 3.63) is 57.7 Å². The molecule has 0 radical (unpaired) electrons. The van der Waals surface area contributed by atoms with E-state index in [9.17, 15) is 18.0 Å². The smallest absolute Gasteiger partial charge is 0.416 e. The summed E-state index contributed by atoms with van der Waals surface area (Å²) in [4.78, 5) is 12.4. The van der Waals surface area contributed by atoms with Crippen LogP contribution in [0, 0.1) is 0 Å². The van der Waals surface area contributed by atoms with Gasteiger partial charge in [-0.25, -0.2) is 4.79 Å². The van der Waals surface area contributed by atoms with Gasteiger partial charge in [-0.05, 0) is 66.2 Å². The van der Waals surface area contributed by atoms with Gasteiger partial charge >= 0.3 is 12.2 Å². The normalized spacial score (nSPS) is 11.5. The minimum atomic E-state index is -4.53. The number of urea groups is 1. The molecule has 3 aromatic rings. The Kier molecular flexibility index (Phi) is 7.04. The number of carbonyl (C=O) groups is 1. The summed E-state index contributed by atoms with van der Waals surface area (Å²) in [5.41, 5.74) is 1.04. The van der Waals surface area contributed by atoms with E-state index in [0.29, 0.717) is 17.0 Å². The second-order valence-corrected chi connectivity index (χ2v) is 8.33. The predicted molar refractivity (Wildman–Crippen MR) is 121 cm³/mol. The van der Waals surface area contributed by atoms with Gasteiger partial charge in [0.15, 0.2) is 0 Å². The number of alkyl halides is 3. The van der Waals surface area contributed by atoms with Crippen molar-refractivity contribution in [1.82, 2.24) is 9.78 Å². The number of nitrogens with one attached hydrogen (secondary N) is 2. The fraction of sp³-hybridized carbons (Fsp3) is 0.238. The van der Waals surface area contributed by atoms with E-state index in [1.165, 1.54) is 7.11 Å². The number of benzene rings is 2. The third-order valence-corrected chi connectivity index (χ3v) is 5.39. The van der Waals surface area contributed by atoms with Crippen LogP contribution in [-0.4, -0.2) is 22.9 Å². The molecule has 2 N–H and O–H groups in total. The van der Waals surface area contributed by atoms with Crippen molar-refractivity contribution in [3.63, 3.8) is 0 Å². The number of ether oxygens (including phenoxy) is 1. The molecular formula is C21H19BrClF3N4O2. The third-order valence-electron chi connectivity index (χ3n) is 4.50. The average molecular weight is 532 g/mol. The van der Waals surface area contributed by atoms with E-state index in [2.05, 4.69) is 31.7 Å². The zero-order valence-corrected chi connectivity index (χ0v) is 19.6. The summed E-state index contributed by atoms with van der Waals surface area (Å²) in [7, 11) is 1.54. The molecule has 0 fully saturated rings. The standard InChI is InChI=1S/C21H19BrClF3N4O2/c1-11(2)30-19(15(22)10-27-30)14-9-13(5-7-18(14)32-3)28-20(31)29-17-6-4-12(8-16(17)23)21(24,25)26/h4-11H,1-3H3,(H2,28,29,31). The molecule has 0 aliphatic carbocycles. The number of aromatic nitrogens is 2. The molecule has 1 aromatic heterocycles. The second kappa shape index (κ2) is 9.41. The predicted octanol–water partition coefficient (Wildman–Crippen LogP) is 7.22. The van der Waals surface area contributed by atoms with E-state index in [0.717, 1.165) is 28.4 Å². The van der Waals surface area contributed by atoms with E-state index in [-0.39, 0.29) is 16.8 Å². The number of hydrogen-bond donors (Lipinski definition) is 2. The molecule has 0 saturated carbocycles. The van der Waals surface area contributed by atoms with Crippen molar-refractivity contribution in [2.45, 2.75) is 26.1 Å². The van der Waals surface area contributed by atoms with E-state index < -0.39 is 17.8 Å². The van der Waals surface area contributed by atoms with Crippen LogP contribution < -0.4 is 15.4 Å². The lowest BCUT2D eigenvalue weighted by molar-refractivity contribution is -0.137. The van der Waals surface area contributed by atoms with Crippen LogP contribution in [-0.2, 0) is 6.18 Å². The van der Waals surface area contributed by atoms with Crippen molar-refractivity contribution in [1.29, 1.82) is 0 Å². The molecule has 0 atom stereocenters. The Labute approximate surface area is 195 Å². The van der Waals surface area contributed by atoms with E-state index >= 15 is 0 Å². The molecule has 170 valence electrons. The Morgan fingerprint density at radius 2 is 1.91 bits per heavy atom. The van der Waals surface area contributed by atoms with Crippen LogP contribution in [0.1, 0.15) is 25.5 Å². The maximum absolute atomic E-state index is 12.8. The first kappa shape index (κ1) is 23.9. The number of rotatable bonds is 5. The molecule has 11 heteroatoms. The van der Waals surface area contributed by atoms with Gasteiger partial charge < -0.3 is 15.4 Å². The van der Waals surface area contributed by atoms with E-state index in [4.69, 9.17) is 16.3 Å². The topological polar surface area (TPSA) is 68.2 Å². The number of carbonyl (C=O) groups excluding carboxylic acids is 1. The SMILES string of the molecule is COc1ccc(NC(=O)Nc2ccc(C(F)(F)F)cc2Cl)cc1-c1c(Br)cnn1C(C)C. The van der Waals surface area contributed by atoms with Crippen LogP contribution in [0.2, 0.25) is 5.02 Å². The number of amides is 2. The fourth-order valence-electron chi connectivity index (χ4n) is 3.03.